The molecule has 0 bridgehead atoms. The van der Waals surface area contributed by atoms with Crippen molar-refractivity contribution in [1.82, 2.24) is 5.48 Å². The Morgan fingerprint density at radius 3 is 2.62 bits per heavy atom. The number of rotatable bonds is 8. The molecule has 0 amide bonds. The first-order chi connectivity index (χ1) is 6.06. The van der Waals surface area contributed by atoms with Crippen LogP contribution < -0.4 is 16.7 Å². The van der Waals surface area contributed by atoms with Crippen molar-refractivity contribution < 1.29 is 14.1 Å². The lowest BCUT2D eigenvalue weighted by molar-refractivity contribution is 0.172. The highest BCUT2D eigenvalue weighted by molar-refractivity contribution is 8.76. The minimum absolute atomic E-state index is 0.462. The summed E-state index contributed by atoms with van der Waals surface area (Å²) in [6.07, 6.45) is 0. The van der Waals surface area contributed by atoms with Gasteiger partial charge in [-0.3, -0.25) is 0 Å². The zero-order chi connectivity index (χ0) is 10.2. The minimum Gasteiger partial charge on any atom is -0.330 e. The van der Waals surface area contributed by atoms with E-state index < -0.39 is 7.75 Å². The summed E-state index contributed by atoms with van der Waals surface area (Å²) in [6, 6.07) is 0. The molecule has 0 heterocycles. The standard InChI is InChI=1S/C4H14N3O3PS2/c5-1-3-12-13-4-2-7-10-11(6,8)9/h7H,1-5H2,(H3,6,8,9). The molecule has 0 aliphatic carbocycles. The number of nitrogens with one attached hydrogen (secondary N) is 1. The van der Waals surface area contributed by atoms with Gasteiger partial charge in [-0.15, -0.1) is 0 Å². The number of hydrogen-bond acceptors (Lipinski definition) is 6. The summed E-state index contributed by atoms with van der Waals surface area (Å²) < 4.78 is 14.6. The SMILES string of the molecule is NCCSSCCNOP(N)(=O)O. The molecule has 1 unspecified atom stereocenters. The van der Waals surface area contributed by atoms with Crippen molar-refractivity contribution in [2.75, 3.05) is 24.6 Å². The third kappa shape index (κ3) is 12.7. The Morgan fingerprint density at radius 1 is 1.46 bits per heavy atom. The molecule has 0 aromatic rings. The first kappa shape index (κ1) is 13.7. The lowest BCUT2D eigenvalue weighted by Gasteiger charge is -2.06. The van der Waals surface area contributed by atoms with E-state index in [-0.39, 0.29) is 0 Å². The van der Waals surface area contributed by atoms with Crippen LogP contribution in [0.5, 0.6) is 0 Å². The molecule has 0 saturated carbocycles. The van der Waals surface area contributed by atoms with Gasteiger partial charge in [0, 0.05) is 24.6 Å². The Morgan fingerprint density at radius 2 is 2.08 bits per heavy atom. The zero-order valence-electron chi connectivity index (χ0n) is 7.01. The molecule has 0 aliphatic rings. The first-order valence-corrected chi connectivity index (χ1v) is 7.67. The molecule has 9 heteroatoms. The van der Waals surface area contributed by atoms with Gasteiger partial charge in [0.15, 0.2) is 0 Å². The predicted molar refractivity (Wildman–Crippen MR) is 57.1 cm³/mol. The highest BCUT2D eigenvalue weighted by Crippen LogP contribution is 2.28. The molecule has 13 heavy (non-hydrogen) atoms. The van der Waals surface area contributed by atoms with Crippen LogP contribution in [0.2, 0.25) is 0 Å². The Bertz CT molecular complexity index is 167. The summed E-state index contributed by atoms with van der Waals surface area (Å²) in [6.45, 7) is 1.11. The van der Waals surface area contributed by atoms with Crippen LogP contribution in [0.4, 0.5) is 0 Å². The second kappa shape index (κ2) is 8.07. The molecule has 0 radical (unpaired) electrons. The molecule has 0 aliphatic heterocycles. The molecule has 0 fully saturated rings. The van der Waals surface area contributed by atoms with Gasteiger partial charge in [0.1, 0.15) is 0 Å². The van der Waals surface area contributed by atoms with E-state index >= 15 is 0 Å². The smallest absolute Gasteiger partial charge is 0.330 e. The quantitative estimate of drug-likeness (QED) is 0.204. The molecule has 0 saturated heterocycles. The summed E-state index contributed by atoms with van der Waals surface area (Å²) in [7, 11) is -0.619. The molecule has 0 aromatic heterocycles. The van der Waals surface area contributed by atoms with Gasteiger partial charge >= 0.3 is 7.75 Å². The second-order valence-corrected chi connectivity index (χ2v) is 6.00. The summed E-state index contributed by atoms with van der Waals surface area (Å²) in [5, 5.41) is 0. The van der Waals surface area contributed by atoms with E-state index in [4.69, 9.17) is 16.1 Å². The third-order valence-electron chi connectivity index (χ3n) is 0.767. The van der Waals surface area contributed by atoms with Crippen molar-refractivity contribution in [2.24, 2.45) is 11.2 Å². The molecule has 6 N–H and O–H groups in total. The van der Waals surface area contributed by atoms with Gasteiger partial charge in [-0.1, -0.05) is 21.6 Å². The van der Waals surface area contributed by atoms with Crippen LogP contribution >= 0.6 is 29.3 Å². The Hall–Kier alpha value is 0.730. The molecule has 0 aromatic carbocycles. The highest BCUT2D eigenvalue weighted by Gasteiger charge is 2.09. The Labute approximate surface area is 85.1 Å². The number of hydrogen-bond donors (Lipinski definition) is 4. The maximum absolute atomic E-state index is 10.4. The van der Waals surface area contributed by atoms with Gasteiger partial charge in [0.2, 0.25) is 0 Å². The summed E-state index contributed by atoms with van der Waals surface area (Å²) in [4.78, 5) is 8.48. The normalized spacial score (nSPS) is 15.6. The van der Waals surface area contributed by atoms with Gasteiger partial charge in [-0.25, -0.2) is 14.7 Å². The van der Waals surface area contributed by atoms with Crippen molar-refractivity contribution >= 4 is 29.3 Å². The van der Waals surface area contributed by atoms with Gasteiger partial charge in [0.25, 0.3) is 0 Å². The molecule has 0 spiro atoms. The van der Waals surface area contributed by atoms with Crippen LogP contribution in [0, 0.1) is 0 Å². The number of hydroxylamine groups is 1. The molecule has 6 nitrogen and oxygen atoms in total. The maximum atomic E-state index is 10.4. The van der Waals surface area contributed by atoms with Gasteiger partial charge in [-0.2, -0.15) is 5.48 Å². The van der Waals surface area contributed by atoms with E-state index in [1.54, 1.807) is 21.6 Å². The molecular formula is C4H14N3O3PS2. The predicted octanol–water partition coefficient (Wildman–Crippen LogP) is -0.0932. The van der Waals surface area contributed by atoms with Gasteiger partial charge in [0.05, 0.1) is 0 Å². The average Bonchev–Trinajstić information content (AvgIpc) is 2.01. The molecule has 1 atom stereocenters. The van der Waals surface area contributed by atoms with Crippen molar-refractivity contribution in [3.8, 4) is 0 Å². The fraction of sp³-hybridized carbons (Fsp3) is 1.00. The lowest BCUT2D eigenvalue weighted by atomic mass is 10.8. The van der Waals surface area contributed by atoms with Crippen molar-refractivity contribution in [2.45, 2.75) is 0 Å². The van der Waals surface area contributed by atoms with Gasteiger partial charge in [-0.05, 0) is 0 Å². The van der Waals surface area contributed by atoms with Crippen molar-refractivity contribution in [3.63, 3.8) is 0 Å². The van der Waals surface area contributed by atoms with Crippen molar-refractivity contribution in [1.29, 1.82) is 0 Å². The van der Waals surface area contributed by atoms with Crippen LogP contribution in [-0.4, -0.2) is 29.5 Å². The van der Waals surface area contributed by atoms with Crippen LogP contribution in [0.15, 0.2) is 0 Å². The summed E-state index contributed by atoms with van der Waals surface area (Å²) in [5.74, 6) is 1.64. The fourth-order valence-electron chi connectivity index (χ4n) is 0.387. The summed E-state index contributed by atoms with van der Waals surface area (Å²) >= 11 is 0. The Kier molecular flexibility index (Phi) is 8.53. The van der Waals surface area contributed by atoms with Crippen LogP contribution in [0.3, 0.4) is 0 Å². The van der Waals surface area contributed by atoms with E-state index in [0.717, 1.165) is 11.5 Å². The van der Waals surface area contributed by atoms with Crippen LogP contribution in [0.1, 0.15) is 0 Å². The van der Waals surface area contributed by atoms with E-state index in [1.165, 1.54) is 0 Å². The van der Waals surface area contributed by atoms with E-state index in [2.05, 4.69) is 10.1 Å². The van der Waals surface area contributed by atoms with E-state index in [1.807, 2.05) is 0 Å². The fourth-order valence-corrected chi connectivity index (χ4v) is 2.41. The third-order valence-corrected chi connectivity index (χ3v) is 3.60. The minimum atomic E-state index is -3.87. The summed E-state index contributed by atoms with van der Waals surface area (Å²) in [5.41, 5.74) is 12.3. The largest absolute Gasteiger partial charge is 0.416 e. The first-order valence-electron chi connectivity index (χ1n) is 3.53. The molecule has 0 rings (SSSR count). The van der Waals surface area contributed by atoms with Crippen LogP contribution in [0.25, 0.3) is 0 Å². The Balaban J connectivity index is 3.04. The highest BCUT2D eigenvalue weighted by atomic mass is 33.1. The van der Waals surface area contributed by atoms with Crippen molar-refractivity contribution in [3.05, 3.63) is 0 Å². The van der Waals surface area contributed by atoms with E-state index in [0.29, 0.717) is 13.1 Å². The average molecular weight is 247 g/mol. The monoisotopic (exact) mass is 247 g/mol. The molecular weight excluding hydrogens is 233 g/mol. The molecule has 80 valence electrons. The van der Waals surface area contributed by atoms with Gasteiger partial charge < -0.3 is 10.6 Å². The van der Waals surface area contributed by atoms with E-state index in [9.17, 15) is 4.57 Å². The lowest BCUT2D eigenvalue weighted by Crippen LogP contribution is -2.18. The zero-order valence-corrected chi connectivity index (χ0v) is 9.54. The topological polar surface area (TPSA) is 111 Å². The number of nitrogens with two attached hydrogens (primary N) is 2. The second-order valence-electron chi connectivity index (χ2n) is 1.98. The van der Waals surface area contributed by atoms with Crippen LogP contribution in [-0.2, 0) is 9.19 Å². The maximum Gasteiger partial charge on any atom is 0.416 e.